The molecule has 0 unspecified atom stereocenters. The van der Waals surface area contributed by atoms with Gasteiger partial charge in [-0.2, -0.15) is 0 Å². The Labute approximate surface area is 130 Å². The summed E-state index contributed by atoms with van der Waals surface area (Å²) in [5.74, 6) is -1.11. The summed E-state index contributed by atoms with van der Waals surface area (Å²) in [6.45, 7) is 0.978. The minimum absolute atomic E-state index is 0.134. The monoisotopic (exact) mass is 389 g/mol. The second kappa shape index (κ2) is 6.53. The fraction of sp³-hybridized carbons (Fsp3) is 0.429. The largest absolute Gasteiger partial charge is 0.481 e. The van der Waals surface area contributed by atoms with Crippen molar-refractivity contribution in [3.63, 3.8) is 0 Å². The molecular formula is C14H16INO4. The summed E-state index contributed by atoms with van der Waals surface area (Å²) in [7, 11) is 0. The van der Waals surface area contributed by atoms with Crippen LogP contribution < -0.4 is 5.32 Å². The number of nitrogens with one attached hydrogen (secondary N) is 1. The molecule has 0 spiro atoms. The lowest BCUT2D eigenvalue weighted by Crippen LogP contribution is -2.46. The maximum Gasteiger partial charge on any atom is 0.311 e. The first-order valence-electron chi connectivity index (χ1n) is 6.39. The second-order valence-corrected chi connectivity index (χ2v) is 6.02. The summed E-state index contributed by atoms with van der Waals surface area (Å²) < 4.78 is 6.05. The first-order valence-corrected chi connectivity index (χ1v) is 7.47. The van der Waals surface area contributed by atoms with Crippen LogP contribution in [0, 0.1) is 8.99 Å². The summed E-state index contributed by atoms with van der Waals surface area (Å²) >= 11 is 2.09. The first kappa shape index (κ1) is 15.2. The third-order valence-electron chi connectivity index (χ3n) is 3.61. The molecule has 1 aliphatic heterocycles. The molecule has 0 aromatic heterocycles. The average Bonchev–Trinajstić information content (AvgIpc) is 2.46. The van der Waals surface area contributed by atoms with E-state index in [1.807, 2.05) is 12.1 Å². The van der Waals surface area contributed by atoms with Crippen LogP contribution in [0.4, 0.5) is 0 Å². The molecule has 1 aromatic carbocycles. The Morgan fingerprint density at radius 2 is 1.95 bits per heavy atom. The number of carboxylic acid groups (broad SMARTS) is 1. The first-order chi connectivity index (χ1) is 9.55. The molecule has 1 saturated heterocycles. The summed E-state index contributed by atoms with van der Waals surface area (Å²) in [4.78, 5) is 23.6. The quantitative estimate of drug-likeness (QED) is 0.772. The molecule has 1 aromatic rings. The zero-order valence-corrected chi connectivity index (χ0v) is 13.1. The molecule has 0 aliphatic carbocycles. The number of hydrogen-bond donors (Lipinski definition) is 2. The third-order valence-corrected chi connectivity index (χ3v) is 4.55. The van der Waals surface area contributed by atoms with Gasteiger partial charge in [0.15, 0.2) is 0 Å². The highest BCUT2D eigenvalue weighted by Gasteiger charge is 2.40. The Kier molecular flexibility index (Phi) is 4.98. The van der Waals surface area contributed by atoms with Crippen molar-refractivity contribution in [3.8, 4) is 0 Å². The topological polar surface area (TPSA) is 75.6 Å². The van der Waals surface area contributed by atoms with Crippen LogP contribution in [0.15, 0.2) is 24.3 Å². The van der Waals surface area contributed by atoms with Gasteiger partial charge in [0.2, 0.25) is 0 Å². The van der Waals surface area contributed by atoms with Crippen LogP contribution in [0.25, 0.3) is 0 Å². The number of ether oxygens (including phenoxy) is 1. The number of aliphatic carboxylic acids is 1. The Morgan fingerprint density at radius 3 is 2.55 bits per heavy atom. The smallest absolute Gasteiger partial charge is 0.311 e. The predicted octanol–water partition coefficient (Wildman–Crippen LogP) is 1.90. The number of carboxylic acids is 1. The molecule has 5 nitrogen and oxygen atoms in total. The molecule has 1 aliphatic rings. The van der Waals surface area contributed by atoms with E-state index in [9.17, 15) is 14.7 Å². The number of hydrogen-bond acceptors (Lipinski definition) is 3. The van der Waals surface area contributed by atoms with Crippen molar-refractivity contribution < 1.29 is 19.4 Å². The molecular weight excluding hydrogens is 373 g/mol. The van der Waals surface area contributed by atoms with E-state index < -0.39 is 11.4 Å². The summed E-state index contributed by atoms with van der Waals surface area (Å²) in [5, 5.41) is 12.2. The number of carbonyl (C=O) groups is 2. The van der Waals surface area contributed by atoms with E-state index in [0.717, 1.165) is 3.57 Å². The normalized spacial score (nSPS) is 17.4. The highest BCUT2D eigenvalue weighted by atomic mass is 127. The maximum absolute atomic E-state index is 12.1. The van der Waals surface area contributed by atoms with Crippen LogP contribution in [0.3, 0.4) is 0 Å². The van der Waals surface area contributed by atoms with Gasteiger partial charge in [0.05, 0.1) is 11.0 Å². The summed E-state index contributed by atoms with van der Waals surface area (Å²) in [6, 6.07) is 7.22. The van der Waals surface area contributed by atoms with Gasteiger partial charge in [0, 0.05) is 23.3 Å². The van der Waals surface area contributed by atoms with Crippen molar-refractivity contribution in [1.82, 2.24) is 5.32 Å². The van der Waals surface area contributed by atoms with Gasteiger partial charge in [-0.25, -0.2) is 0 Å². The summed E-state index contributed by atoms with van der Waals surface area (Å²) in [5.41, 5.74) is -0.339. The van der Waals surface area contributed by atoms with Crippen molar-refractivity contribution in [2.24, 2.45) is 5.41 Å². The molecule has 1 heterocycles. The Hall–Kier alpha value is -1.15. The van der Waals surface area contributed by atoms with E-state index >= 15 is 0 Å². The number of benzene rings is 1. The van der Waals surface area contributed by atoms with Crippen molar-refractivity contribution in [2.45, 2.75) is 12.8 Å². The standard InChI is InChI=1S/C14H16INO4/c15-11-4-2-1-3-10(11)12(17)16-9-14(13(18)19)5-7-20-8-6-14/h1-4H,5-9H2,(H,16,17)(H,18,19). The van der Waals surface area contributed by atoms with E-state index in [4.69, 9.17) is 4.74 Å². The number of rotatable bonds is 4. The van der Waals surface area contributed by atoms with Crippen molar-refractivity contribution in [1.29, 1.82) is 0 Å². The van der Waals surface area contributed by atoms with Gasteiger partial charge in [-0.3, -0.25) is 9.59 Å². The van der Waals surface area contributed by atoms with Crippen molar-refractivity contribution >= 4 is 34.5 Å². The highest BCUT2D eigenvalue weighted by molar-refractivity contribution is 14.1. The van der Waals surface area contributed by atoms with E-state index in [2.05, 4.69) is 27.9 Å². The Balaban J connectivity index is 2.05. The molecule has 1 fully saturated rings. The molecule has 2 N–H and O–H groups in total. The zero-order valence-electron chi connectivity index (χ0n) is 10.9. The van der Waals surface area contributed by atoms with Crippen LogP contribution in [0.5, 0.6) is 0 Å². The lowest BCUT2D eigenvalue weighted by molar-refractivity contribution is -0.154. The second-order valence-electron chi connectivity index (χ2n) is 4.86. The van der Waals surface area contributed by atoms with Gasteiger partial charge in [-0.15, -0.1) is 0 Å². The van der Waals surface area contributed by atoms with Crippen LogP contribution in [0.1, 0.15) is 23.2 Å². The lowest BCUT2D eigenvalue weighted by Gasteiger charge is -2.33. The van der Waals surface area contributed by atoms with Crippen LogP contribution in [-0.4, -0.2) is 36.7 Å². The minimum atomic E-state index is -0.909. The van der Waals surface area contributed by atoms with Crippen LogP contribution >= 0.6 is 22.6 Å². The van der Waals surface area contributed by atoms with Gasteiger partial charge in [-0.1, -0.05) is 12.1 Å². The molecule has 0 saturated carbocycles. The third kappa shape index (κ3) is 3.29. The summed E-state index contributed by atoms with van der Waals surface area (Å²) in [6.07, 6.45) is 0.850. The fourth-order valence-electron chi connectivity index (χ4n) is 2.22. The molecule has 2 rings (SSSR count). The number of amides is 1. The van der Waals surface area contributed by atoms with Gasteiger partial charge in [0.1, 0.15) is 0 Å². The van der Waals surface area contributed by atoms with Gasteiger partial charge in [0.25, 0.3) is 5.91 Å². The maximum atomic E-state index is 12.1. The lowest BCUT2D eigenvalue weighted by atomic mass is 9.80. The predicted molar refractivity (Wildman–Crippen MR) is 81.6 cm³/mol. The van der Waals surface area contributed by atoms with Crippen molar-refractivity contribution in [3.05, 3.63) is 33.4 Å². The zero-order chi connectivity index (χ0) is 14.6. The average molecular weight is 389 g/mol. The van der Waals surface area contributed by atoms with Crippen LogP contribution in [-0.2, 0) is 9.53 Å². The molecule has 6 heteroatoms. The van der Waals surface area contributed by atoms with Crippen molar-refractivity contribution in [2.75, 3.05) is 19.8 Å². The molecule has 0 bridgehead atoms. The minimum Gasteiger partial charge on any atom is -0.481 e. The highest BCUT2D eigenvalue weighted by Crippen LogP contribution is 2.30. The van der Waals surface area contributed by atoms with E-state index in [1.54, 1.807) is 12.1 Å². The van der Waals surface area contributed by atoms with E-state index in [1.165, 1.54) is 0 Å². The molecule has 108 valence electrons. The van der Waals surface area contributed by atoms with Gasteiger partial charge < -0.3 is 15.2 Å². The molecule has 0 atom stereocenters. The van der Waals surface area contributed by atoms with Crippen LogP contribution in [0.2, 0.25) is 0 Å². The fourth-order valence-corrected chi connectivity index (χ4v) is 2.85. The Bertz CT molecular complexity index is 512. The number of carbonyl (C=O) groups excluding carboxylic acids is 1. The molecule has 20 heavy (non-hydrogen) atoms. The Morgan fingerprint density at radius 1 is 1.30 bits per heavy atom. The van der Waals surface area contributed by atoms with E-state index in [0.29, 0.717) is 31.6 Å². The number of halogens is 1. The van der Waals surface area contributed by atoms with Gasteiger partial charge in [-0.05, 0) is 47.6 Å². The molecule has 0 radical (unpaired) electrons. The SMILES string of the molecule is O=C(NCC1(C(=O)O)CCOCC1)c1ccccc1I. The van der Waals surface area contributed by atoms with Gasteiger partial charge >= 0.3 is 5.97 Å². The molecule has 1 amide bonds. The van der Waals surface area contributed by atoms with E-state index in [-0.39, 0.29) is 12.5 Å².